The number of aromatic nitrogens is 5. The molecule has 0 radical (unpaired) electrons. The molecule has 1 saturated heterocycles. The molecule has 0 amide bonds. The molecule has 1 saturated carbocycles. The monoisotopic (exact) mass is 542 g/mol. The number of anilines is 1. The summed E-state index contributed by atoms with van der Waals surface area (Å²) in [4.78, 5) is 21.2. The second-order valence-electron chi connectivity index (χ2n) is 11.1. The highest BCUT2D eigenvalue weighted by Gasteiger charge is 2.27. The number of benzene rings is 1. The van der Waals surface area contributed by atoms with E-state index in [9.17, 15) is 4.79 Å². The Balaban J connectivity index is 1.20. The van der Waals surface area contributed by atoms with Gasteiger partial charge in [0.05, 0.1) is 11.6 Å². The predicted molar refractivity (Wildman–Crippen MR) is 157 cm³/mol. The van der Waals surface area contributed by atoms with Crippen LogP contribution in [0.1, 0.15) is 37.3 Å². The number of piperazine rings is 1. The number of nitrogens with zero attached hydrogens (tertiary/aromatic N) is 7. The summed E-state index contributed by atoms with van der Waals surface area (Å²) in [7, 11) is 5.73. The zero-order chi connectivity index (χ0) is 27.6. The number of hydrogen-bond donors (Lipinski definition) is 1. The van der Waals surface area contributed by atoms with Crippen LogP contribution < -0.4 is 15.6 Å². The average molecular weight is 543 g/mol. The lowest BCUT2D eigenvalue weighted by Gasteiger charge is -2.32. The second-order valence-corrected chi connectivity index (χ2v) is 11.1. The molecule has 210 valence electrons. The molecule has 0 atom stereocenters. The first-order valence-electron chi connectivity index (χ1n) is 14.2. The van der Waals surface area contributed by atoms with E-state index in [-0.39, 0.29) is 17.7 Å². The molecule has 0 unspecified atom stereocenters. The number of likely N-dealkylation sites (N-methyl/N-ethyl adjacent to an activating group) is 1. The van der Waals surface area contributed by atoms with Gasteiger partial charge in [-0.2, -0.15) is 5.10 Å². The fraction of sp³-hybridized carbons (Fsp3) is 0.467. The maximum absolute atomic E-state index is 11.7. The van der Waals surface area contributed by atoms with Crippen molar-refractivity contribution in [3.8, 4) is 17.1 Å². The van der Waals surface area contributed by atoms with Crippen LogP contribution in [-0.2, 0) is 13.6 Å². The standard InChI is InChI=1S/C30H38N8O2/c1-31-27-18-26-25(19-32-27)30(22-6-4-21(5-7-22)20-37-16-14-35(2)15-17-37)34-38(26)23-8-10-24(11-9-23)40-28-12-13-29(39)36(3)33-28/h4-7,12-13,18-19,23-24H,8-11,14-17,20H2,1-3H3,(H,31,32)/t23-,24+. The van der Waals surface area contributed by atoms with Gasteiger partial charge in [0.15, 0.2) is 0 Å². The van der Waals surface area contributed by atoms with Gasteiger partial charge in [-0.1, -0.05) is 24.3 Å². The summed E-state index contributed by atoms with van der Waals surface area (Å²) in [5.41, 5.74) is 4.38. The van der Waals surface area contributed by atoms with E-state index in [0.29, 0.717) is 5.88 Å². The zero-order valence-electron chi connectivity index (χ0n) is 23.6. The molecule has 1 aliphatic carbocycles. The Hall–Kier alpha value is -3.76. The number of hydrogen-bond acceptors (Lipinski definition) is 8. The van der Waals surface area contributed by atoms with Crippen LogP contribution in [0.5, 0.6) is 5.88 Å². The van der Waals surface area contributed by atoms with Gasteiger partial charge in [0.25, 0.3) is 5.56 Å². The molecule has 6 rings (SSSR count). The summed E-state index contributed by atoms with van der Waals surface area (Å²) in [6, 6.07) is 14.4. The van der Waals surface area contributed by atoms with E-state index in [4.69, 9.17) is 9.84 Å². The quantitative estimate of drug-likeness (QED) is 0.379. The topological polar surface area (TPSA) is 93.3 Å². The van der Waals surface area contributed by atoms with Gasteiger partial charge in [-0.25, -0.2) is 9.67 Å². The highest BCUT2D eigenvalue weighted by atomic mass is 16.5. The van der Waals surface area contributed by atoms with E-state index in [1.54, 1.807) is 13.1 Å². The fourth-order valence-corrected chi connectivity index (χ4v) is 5.81. The average Bonchev–Trinajstić information content (AvgIpc) is 3.36. The van der Waals surface area contributed by atoms with Crippen molar-refractivity contribution in [3.63, 3.8) is 0 Å². The van der Waals surface area contributed by atoms with E-state index in [1.807, 2.05) is 13.2 Å². The van der Waals surface area contributed by atoms with Crippen molar-refractivity contribution in [2.24, 2.45) is 7.05 Å². The molecule has 10 nitrogen and oxygen atoms in total. The largest absolute Gasteiger partial charge is 0.473 e. The Morgan fingerprint density at radius 3 is 2.40 bits per heavy atom. The zero-order valence-corrected chi connectivity index (χ0v) is 23.6. The Bertz CT molecular complexity index is 1510. The van der Waals surface area contributed by atoms with Crippen molar-refractivity contribution in [3.05, 3.63) is 64.6 Å². The van der Waals surface area contributed by atoms with E-state index in [0.717, 1.165) is 86.4 Å². The third kappa shape index (κ3) is 5.59. The molecule has 0 spiro atoms. The van der Waals surface area contributed by atoms with Crippen molar-refractivity contribution >= 4 is 16.7 Å². The molecule has 3 aromatic heterocycles. The van der Waals surface area contributed by atoms with Crippen LogP contribution in [0.4, 0.5) is 5.82 Å². The van der Waals surface area contributed by atoms with Gasteiger partial charge in [-0.15, -0.1) is 5.10 Å². The van der Waals surface area contributed by atoms with E-state index < -0.39 is 0 Å². The number of pyridine rings is 1. The van der Waals surface area contributed by atoms with E-state index in [1.165, 1.54) is 16.3 Å². The maximum Gasteiger partial charge on any atom is 0.266 e. The first kappa shape index (κ1) is 26.5. The minimum Gasteiger partial charge on any atom is -0.473 e. The molecule has 1 aliphatic heterocycles. The van der Waals surface area contributed by atoms with Crippen molar-refractivity contribution in [1.29, 1.82) is 0 Å². The van der Waals surface area contributed by atoms with Gasteiger partial charge in [0.1, 0.15) is 17.6 Å². The van der Waals surface area contributed by atoms with Crippen LogP contribution in [0.3, 0.4) is 0 Å². The molecule has 1 aromatic carbocycles. The maximum atomic E-state index is 11.7. The number of aryl methyl sites for hydroxylation is 1. The smallest absolute Gasteiger partial charge is 0.266 e. The molecule has 0 bridgehead atoms. The third-order valence-corrected chi connectivity index (χ3v) is 8.29. The minimum atomic E-state index is -0.141. The first-order chi connectivity index (χ1) is 19.5. The van der Waals surface area contributed by atoms with Gasteiger partial charge in [-0.3, -0.25) is 14.4 Å². The van der Waals surface area contributed by atoms with E-state index in [2.05, 4.69) is 67.3 Å². The molecule has 10 heteroatoms. The van der Waals surface area contributed by atoms with Gasteiger partial charge in [0, 0.05) is 82.2 Å². The summed E-state index contributed by atoms with van der Waals surface area (Å²) in [5.74, 6) is 1.33. The molecule has 2 aliphatic rings. The fourth-order valence-electron chi connectivity index (χ4n) is 5.81. The van der Waals surface area contributed by atoms with Crippen molar-refractivity contribution in [2.75, 3.05) is 45.6 Å². The molecular formula is C30H38N8O2. The van der Waals surface area contributed by atoms with Crippen LogP contribution in [-0.4, -0.2) is 80.7 Å². The summed E-state index contributed by atoms with van der Waals surface area (Å²) in [5, 5.41) is 13.7. The lowest BCUT2D eigenvalue weighted by molar-refractivity contribution is 0.123. The van der Waals surface area contributed by atoms with Crippen LogP contribution in [0.15, 0.2) is 53.5 Å². The molecular weight excluding hydrogens is 504 g/mol. The second kappa shape index (κ2) is 11.4. The Labute approximate surface area is 234 Å². The first-order valence-corrected chi connectivity index (χ1v) is 14.2. The number of rotatable bonds is 7. The summed E-state index contributed by atoms with van der Waals surface area (Å²) in [6.45, 7) is 5.46. The van der Waals surface area contributed by atoms with Crippen molar-refractivity contribution in [1.82, 2.24) is 34.3 Å². The molecule has 4 heterocycles. The van der Waals surface area contributed by atoms with Gasteiger partial charge < -0.3 is 15.0 Å². The Kier molecular flexibility index (Phi) is 7.53. The van der Waals surface area contributed by atoms with Crippen LogP contribution >= 0.6 is 0 Å². The highest BCUT2D eigenvalue weighted by Crippen LogP contribution is 2.36. The normalized spacial score (nSPS) is 20.6. The van der Waals surface area contributed by atoms with Gasteiger partial charge in [-0.05, 0) is 38.3 Å². The third-order valence-electron chi connectivity index (χ3n) is 8.29. The van der Waals surface area contributed by atoms with Crippen molar-refractivity contribution < 1.29 is 4.74 Å². The summed E-state index contributed by atoms with van der Waals surface area (Å²) >= 11 is 0. The predicted octanol–water partition coefficient (Wildman–Crippen LogP) is 3.54. The lowest BCUT2D eigenvalue weighted by atomic mass is 9.93. The van der Waals surface area contributed by atoms with Crippen LogP contribution in [0.2, 0.25) is 0 Å². The van der Waals surface area contributed by atoms with Crippen molar-refractivity contribution in [2.45, 2.75) is 44.4 Å². The van der Waals surface area contributed by atoms with E-state index >= 15 is 0 Å². The number of nitrogens with one attached hydrogen (secondary N) is 1. The lowest BCUT2D eigenvalue weighted by Crippen LogP contribution is -2.43. The SMILES string of the molecule is CNc1cc2c(cn1)c(-c1ccc(CN3CCN(C)CC3)cc1)nn2[C@H]1CC[C@@H](Oc2ccc(=O)n(C)n2)CC1. The molecule has 4 aromatic rings. The van der Waals surface area contributed by atoms with Gasteiger partial charge >= 0.3 is 0 Å². The Morgan fingerprint density at radius 2 is 1.70 bits per heavy atom. The number of ether oxygens (including phenoxy) is 1. The van der Waals surface area contributed by atoms with Crippen LogP contribution in [0, 0.1) is 0 Å². The summed E-state index contributed by atoms with van der Waals surface area (Å²) < 4.78 is 9.63. The minimum absolute atomic E-state index is 0.0740. The molecule has 2 fully saturated rings. The van der Waals surface area contributed by atoms with Gasteiger partial charge in [0.2, 0.25) is 5.88 Å². The number of fused-ring (bicyclic) bond motifs is 1. The van der Waals surface area contributed by atoms with Crippen LogP contribution in [0.25, 0.3) is 22.2 Å². The molecule has 40 heavy (non-hydrogen) atoms. The summed E-state index contributed by atoms with van der Waals surface area (Å²) in [6.07, 6.45) is 5.72. The highest BCUT2D eigenvalue weighted by molar-refractivity contribution is 5.94. The molecule has 1 N–H and O–H groups in total. The Morgan fingerprint density at radius 1 is 0.950 bits per heavy atom.